The first kappa shape index (κ1) is 18.8. The fraction of sp³-hybridized carbons (Fsp3) is 1.00. The van der Waals surface area contributed by atoms with Crippen LogP contribution in [0.5, 0.6) is 0 Å². The molecule has 2 atom stereocenters. The summed E-state index contributed by atoms with van der Waals surface area (Å²) < 4.78 is 5.60. The van der Waals surface area contributed by atoms with E-state index in [1.165, 1.54) is 0 Å². The lowest BCUT2D eigenvalue weighted by molar-refractivity contribution is 0.0402. The molecule has 0 saturated heterocycles. The number of hydrogen-bond acceptors (Lipinski definition) is 4. The van der Waals surface area contributed by atoms with Gasteiger partial charge in [-0.25, -0.2) is 0 Å². The minimum atomic E-state index is -0.320. The van der Waals surface area contributed by atoms with Crippen LogP contribution in [0.4, 0.5) is 0 Å². The summed E-state index contributed by atoms with van der Waals surface area (Å²) >= 11 is 0. The van der Waals surface area contributed by atoms with E-state index in [0.717, 1.165) is 32.4 Å². The van der Waals surface area contributed by atoms with Crippen molar-refractivity contribution in [1.29, 1.82) is 0 Å². The Hall–Kier alpha value is -0.160. The van der Waals surface area contributed by atoms with Crippen LogP contribution in [0.25, 0.3) is 0 Å². The highest BCUT2D eigenvalue weighted by Gasteiger charge is 2.13. The van der Waals surface area contributed by atoms with E-state index in [9.17, 15) is 10.2 Å². The normalized spacial score (nSPS) is 15.2. The summed E-state index contributed by atoms with van der Waals surface area (Å²) in [5.41, 5.74) is 0. The van der Waals surface area contributed by atoms with Crippen molar-refractivity contribution >= 4 is 0 Å². The first-order valence-corrected chi connectivity index (χ1v) is 7.65. The van der Waals surface area contributed by atoms with Gasteiger partial charge in [-0.05, 0) is 25.2 Å². The molecule has 0 heterocycles. The van der Waals surface area contributed by atoms with Crippen molar-refractivity contribution in [2.45, 2.75) is 59.2 Å². The summed E-state index contributed by atoms with van der Waals surface area (Å²) in [5, 5.41) is 19.5. The van der Waals surface area contributed by atoms with Crippen LogP contribution in [-0.2, 0) is 4.74 Å². The minimum Gasteiger partial charge on any atom is -0.392 e. The van der Waals surface area contributed by atoms with Crippen molar-refractivity contribution in [3.63, 3.8) is 0 Å². The molecule has 0 aromatic heterocycles. The number of hydrogen-bond donors (Lipinski definition) is 2. The number of aliphatic hydroxyl groups is 2. The first-order valence-electron chi connectivity index (χ1n) is 7.65. The summed E-state index contributed by atoms with van der Waals surface area (Å²) in [6, 6.07) is 0. The van der Waals surface area contributed by atoms with Gasteiger partial charge in [-0.1, -0.05) is 27.7 Å². The molecular weight excluding hydrogens is 242 g/mol. The molecule has 0 aliphatic rings. The number of nitrogens with zero attached hydrogens (tertiary/aromatic N) is 1. The van der Waals surface area contributed by atoms with Gasteiger partial charge in [-0.3, -0.25) is 4.90 Å². The standard InChI is InChI=1S/C15H33NO3/c1-5-14(17)11-16(12-15(18)6-2)8-10-19-9-7-13(3)4/h13-15,17-18H,5-12H2,1-4H3. The molecule has 0 aliphatic carbocycles. The first-order chi connectivity index (χ1) is 8.99. The molecule has 0 fully saturated rings. The van der Waals surface area contributed by atoms with Crippen molar-refractivity contribution in [3.8, 4) is 0 Å². The van der Waals surface area contributed by atoms with E-state index in [2.05, 4.69) is 18.7 Å². The van der Waals surface area contributed by atoms with Gasteiger partial charge >= 0.3 is 0 Å². The Bertz CT molecular complexity index is 188. The Labute approximate surface area is 118 Å². The second kappa shape index (κ2) is 11.6. The van der Waals surface area contributed by atoms with E-state index < -0.39 is 0 Å². The van der Waals surface area contributed by atoms with Crippen LogP contribution in [0.2, 0.25) is 0 Å². The molecule has 0 rings (SSSR count). The SMILES string of the molecule is CCC(O)CN(CCOCCC(C)C)CC(O)CC. The summed E-state index contributed by atoms with van der Waals surface area (Å²) in [6.45, 7) is 11.8. The zero-order valence-corrected chi connectivity index (χ0v) is 13.1. The van der Waals surface area contributed by atoms with E-state index >= 15 is 0 Å². The van der Waals surface area contributed by atoms with E-state index in [1.807, 2.05) is 13.8 Å². The van der Waals surface area contributed by atoms with Gasteiger partial charge in [0.1, 0.15) is 0 Å². The molecule has 116 valence electrons. The van der Waals surface area contributed by atoms with Gasteiger partial charge in [0.2, 0.25) is 0 Å². The van der Waals surface area contributed by atoms with E-state index in [4.69, 9.17) is 4.74 Å². The second-order valence-corrected chi connectivity index (χ2v) is 5.68. The van der Waals surface area contributed by atoms with Gasteiger partial charge in [0.15, 0.2) is 0 Å². The average Bonchev–Trinajstić information content (AvgIpc) is 2.37. The van der Waals surface area contributed by atoms with E-state index in [1.54, 1.807) is 0 Å². The van der Waals surface area contributed by atoms with Crippen LogP contribution in [0.1, 0.15) is 47.0 Å². The van der Waals surface area contributed by atoms with Crippen molar-refractivity contribution in [2.24, 2.45) is 5.92 Å². The van der Waals surface area contributed by atoms with Crippen molar-refractivity contribution in [3.05, 3.63) is 0 Å². The van der Waals surface area contributed by atoms with Crippen molar-refractivity contribution in [2.75, 3.05) is 32.8 Å². The lowest BCUT2D eigenvalue weighted by atomic mass is 10.1. The smallest absolute Gasteiger partial charge is 0.0664 e. The van der Waals surface area contributed by atoms with Gasteiger partial charge in [0, 0.05) is 26.2 Å². The molecule has 4 nitrogen and oxygen atoms in total. The molecule has 0 aromatic carbocycles. The van der Waals surface area contributed by atoms with Gasteiger partial charge in [0.25, 0.3) is 0 Å². The number of aliphatic hydroxyl groups excluding tert-OH is 2. The third kappa shape index (κ3) is 11.4. The number of rotatable bonds is 12. The fourth-order valence-electron chi connectivity index (χ4n) is 1.73. The minimum absolute atomic E-state index is 0.320. The lowest BCUT2D eigenvalue weighted by Gasteiger charge is -2.26. The van der Waals surface area contributed by atoms with Gasteiger partial charge < -0.3 is 14.9 Å². The van der Waals surface area contributed by atoms with Crippen LogP contribution in [0.15, 0.2) is 0 Å². The topological polar surface area (TPSA) is 52.9 Å². The van der Waals surface area contributed by atoms with Crippen LogP contribution in [0, 0.1) is 5.92 Å². The third-order valence-corrected chi connectivity index (χ3v) is 3.27. The molecule has 0 spiro atoms. The maximum Gasteiger partial charge on any atom is 0.0664 e. The molecule has 2 unspecified atom stereocenters. The fourth-order valence-corrected chi connectivity index (χ4v) is 1.73. The monoisotopic (exact) mass is 275 g/mol. The van der Waals surface area contributed by atoms with Crippen LogP contribution >= 0.6 is 0 Å². The third-order valence-electron chi connectivity index (χ3n) is 3.27. The highest BCUT2D eigenvalue weighted by Crippen LogP contribution is 2.02. The van der Waals surface area contributed by atoms with Crippen LogP contribution in [-0.4, -0.2) is 60.2 Å². The van der Waals surface area contributed by atoms with E-state index in [-0.39, 0.29) is 12.2 Å². The quantitative estimate of drug-likeness (QED) is 0.534. The Morgan fingerprint density at radius 2 is 1.47 bits per heavy atom. The molecule has 0 amide bonds. The number of ether oxygens (including phenoxy) is 1. The highest BCUT2D eigenvalue weighted by atomic mass is 16.5. The highest BCUT2D eigenvalue weighted by molar-refractivity contribution is 4.67. The molecular formula is C15H33NO3. The molecule has 0 aliphatic heterocycles. The van der Waals surface area contributed by atoms with Gasteiger partial charge in [-0.2, -0.15) is 0 Å². The average molecular weight is 275 g/mol. The Morgan fingerprint density at radius 3 is 1.89 bits per heavy atom. The Morgan fingerprint density at radius 1 is 0.947 bits per heavy atom. The zero-order valence-electron chi connectivity index (χ0n) is 13.1. The van der Waals surface area contributed by atoms with Gasteiger partial charge in [0.05, 0.1) is 18.8 Å². The Balaban J connectivity index is 3.90. The van der Waals surface area contributed by atoms with Crippen molar-refractivity contribution in [1.82, 2.24) is 4.90 Å². The molecule has 4 heteroatoms. The lowest BCUT2D eigenvalue weighted by Crippen LogP contribution is -2.39. The van der Waals surface area contributed by atoms with Gasteiger partial charge in [-0.15, -0.1) is 0 Å². The molecule has 0 saturated carbocycles. The second-order valence-electron chi connectivity index (χ2n) is 5.68. The summed E-state index contributed by atoms with van der Waals surface area (Å²) in [5.74, 6) is 0.667. The van der Waals surface area contributed by atoms with Crippen LogP contribution in [0.3, 0.4) is 0 Å². The predicted molar refractivity (Wildman–Crippen MR) is 79.3 cm³/mol. The van der Waals surface area contributed by atoms with Crippen LogP contribution < -0.4 is 0 Å². The molecule has 2 N–H and O–H groups in total. The summed E-state index contributed by atoms with van der Waals surface area (Å²) in [7, 11) is 0. The maximum atomic E-state index is 9.73. The Kier molecular flexibility index (Phi) is 11.6. The van der Waals surface area contributed by atoms with E-state index in [0.29, 0.717) is 25.6 Å². The molecule has 19 heavy (non-hydrogen) atoms. The zero-order chi connectivity index (χ0) is 14.7. The summed E-state index contributed by atoms with van der Waals surface area (Å²) in [4.78, 5) is 2.09. The predicted octanol–water partition coefficient (Wildman–Crippen LogP) is 1.89. The molecule has 0 radical (unpaired) electrons. The van der Waals surface area contributed by atoms with Crippen molar-refractivity contribution < 1.29 is 14.9 Å². The maximum absolute atomic E-state index is 9.73. The molecule has 0 bridgehead atoms. The summed E-state index contributed by atoms with van der Waals surface area (Å²) in [6.07, 6.45) is 1.93. The molecule has 0 aromatic rings. The largest absolute Gasteiger partial charge is 0.392 e.